The fourth-order valence-corrected chi connectivity index (χ4v) is 6.19. The maximum Gasteiger partial charge on any atom is 0.0809 e. The summed E-state index contributed by atoms with van der Waals surface area (Å²) in [6.45, 7) is 10.1. The van der Waals surface area contributed by atoms with Crippen molar-refractivity contribution < 1.29 is 15.3 Å². The third-order valence-corrected chi connectivity index (χ3v) is 8.05. The molecule has 0 aromatic carbocycles. The van der Waals surface area contributed by atoms with Gasteiger partial charge in [-0.15, -0.1) is 0 Å². The van der Waals surface area contributed by atoms with E-state index in [9.17, 15) is 15.3 Å². The van der Waals surface area contributed by atoms with Gasteiger partial charge < -0.3 is 15.3 Å². The molecule has 0 saturated heterocycles. The molecule has 3 fully saturated rings. The quantitative estimate of drug-likeness (QED) is 0.408. The van der Waals surface area contributed by atoms with E-state index in [2.05, 4.69) is 25.7 Å². The first-order valence-electron chi connectivity index (χ1n) is 11.8. The van der Waals surface area contributed by atoms with Crippen LogP contribution < -0.4 is 0 Å². The molecule has 5 atom stereocenters. The zero-order valence-corrected chi connectivity index (χ0v) is 18.8. The number of aliphatic hydroxyl groups excluding tert-OH is 2. The largest absolute Gasteiger partial charge is 0.390 e. The van der Waals surface area contributed by atoms with Crippen LogP contribution in [-0.4, -0.2) is 33.1 Å². The summed E-state index contributed by atoms with van der Waals surface area (Å²) in [5.74, 6) is 1.48. The molecule has 0 radical (unpaired) electrons. The van der Waals surface area contributed by atoms with Crippen molar-refractivity contribution in [2.24, 2.45) is 17.3 Å². The van der Waals surface area contributed by atoms with Gasteiger partial charge in [-0.05, 0) is 94.5 Å². The van der Waals surface area contributed by atoms with Crippen LogP contribution in [0.3, 0.4) is 0 Å². The van der Waals surface area contributed by atoms with Gasteiger partial charge in [-0.25, -0.2) is 0 Å². The molecule has 3 aliphatic carbocycles. The zero-order chi connectivity index (χ0) is 21.2. The van der Waals surface area contributed by atoms with Gasteiger partial charge in [0, 0.05) is 0 Å². The molecular weight excluding hydrogens is 360 g/mol. The molecule has 3 aliphatic rings. The lowest BCUT2D eigenvalue weighted by Gasteiger charge is -2.42. The van der Waals surface area contributed by atoms with Crippen LogP contribution in [-0.2, 0) is 0 Å². The second kappa shape index (κ2) is 9.08. The summed E-state index contributed by atoms with van der Waals surface area (Å²) in [4.78, 5) is 0. The Kier molecular flexibility index (Phi) is 7.13. The molecule has 3 nitrogen and oxygen atoms in total. The van der Waals surface area contributed by atoms with Crippen molar-refractivity contribution in [1.29, 1.82) is 0 Å². The maximum absolute atomic E-state index is 10.1. The highest BCUT2D eigenvalue weighted by molar-refractivity contribution is 5.29. The monoisotopic (exact) mass is 402 g/mol. The Labute approximate surface area is 177 Å². The Hall–Kier alpha value is -0.900. The molecule has 0 heterocycles. The molecule has 0 bridgehead atoms. The summed E-state index contributed by atoms with van der Waals surface area (Å²) < 4.78 is 0. The van der Waals surface area contributed by atoms with Crippen LogP contribution in [0.1, 0.15) is 91.4 Å². The van der Waals surface area contributed by atoms with Gasteiger partial charge in [0.25, 0.3) is 0 Å². The van der Waals surface area contributed by atoms with Crippen LogP contribution in [0.2, 0.25) is 0 Å². The van der Waals surface area contributed by atoms with Crippen molar-refractivity contribution >= 4 is 0 Å². The van der Waals surface area contributed by atoms with Crippen molar-refractivity contribution in [3.8, 4) is 0 Å². The van der Waals surface area contributed by atoms with Crippen LogP contribution >= 0.6 is 0 Å². The van der Waals surface area contributed by atoms with E-state index in [1.807, 2.05) is 13.8 Å². The van der Waals surface area contributed by atoms with Gasteiger partial charge in [0.2, 0.25) is 0 Å². The van der Waals surface area contributed by atoms with Gasteiger partial charge in [0.05, 0.1) is 17.8 Å². The maximum atomic E-state index is 10.1. The summed E-state index contributed by atoms with van der Waals surface area (Å²) in [6.07, 6.45) is 15.4. The van der Waals surface area contributed by atoms with Gasteiger partial charge in [-0.3, -0.25) is 0 Å². The lowest BCUT2D eigenvalue weighted by Crippen LogP contribution is -2.33. The van der Waals surface area contributed by atoms with Crippen molar-refractivity contribution in [1.82, 2.24) is 0 Å². The van der Waals surface area contributed by atoms with Crippen LogP contribution in [0.15, 0.2) is 35.5 Å². The number of fused-ring (bicyclic) bond motifs is 1. The molecule has 0 amide bonds. The minimum absolute atomic E-state index is 0.414. The normalized spacial score (nSPS) is 37.1. The summed E-state index contributed by atoms with van der Waals surface area (Å²) in [5.41, 5.74) is 3.15. The summed E-state index contributed by atoms with van der Waals surface area (Å²) in [6, 6.07) is 0. The van der Waals surface area contributed by atoms with Gasteiger partial charge in [-0.1, -0.05) is 49.6 Å². The molecule has 0 unspecified atom stereocenters. The Morgan fingerprint density at radius 3 is 2.45 bits per heavy atom. The van der Waals surface area contributed by atoms with E-state index in [1.54, 1.807) is 5.57 Å². The number of hydrogen-bond acceptors (Lipinski definition) is 3. The van der Waals surface area contributed by atoms with E-state index in [0.717, 1.165) is 24.3 Å². The lowest BCUT2D eigenvalue weighted by atomic mass is 9.62. The smallest absolute Gasteiger partial charge is 0.0809 e. The molecule has 0 aromatic rings. The number of hydrogen-bond donors (Lipinski definition) is 3. The minimum atomic E-state index is -0.611. The Morgan fingerprint density at radius 1 is 1.10 bits per heavy atom. The first-order valence-corrected chi connectivity index (χ1v) is 11.8. The van der Waals surface area contributed by atoms with Crippen LogP contribution in [0.4, 0.5) is 0 Å². The molecule has 0 aliphatic heterocycles. The predicted octanol–water partition coefficient (Wildman–Crippen LogP) is 5.46. The number of allylic oxidation sites excluding steroid dienone is 3. The van der Waals surface area contributed by atoms with Crippen molar-refractivity contribution in [2.45, 2.75) is 109 Å². The average Bonchev–Trinajstić information content (AvgIpc) is 2.97. The minimum Gasteiger partial charge on any atom is -0.390 e. The molecule has 3 rings (SSSR count). The molecule has 0 spiro atoms. The molecule has 29 heavy (non-hydrogen) atoms. The third-order valence-electron chi connectivity index (χ3n) is 8.05. The van der Waals surface area contributed by atoms with Crippen molar-refractivity contribution in [3.05, 3.63) is 35.5 Å². The van der Waals surface area contributed by atoms with E-state index < -0.39 is 17.8 Å². The predicted molar refractivity (Wildman–Crippen MR) is 119 cm³/mol. The standard InChI is InChI=1S/C26H42O3/c1-18-23(27)16-19(17-24(18)28)10-11-20-8-7-15-26(4)21(12-13-22(20)26)9-5-6-14-25(2,3)29/h10-11,21-24,27-29H,1,5-9,12-17H2,2-4H3/t21-,22-,23+,24+,26+/m0/s1. The topological polar surface area (TPSA) is 60.7 Å². The van der Waals surface area contributed by atoms with E-state index in [1.165, 1.54) is 44.9 Å². The van der Waals surface area contributed by atoms with Crippen LogP contribution in [0.25, 0.3) is 0 Å². The summed E-state index contributed by atoms with van der Waals surface area (Å²) in [7, 11) is 0. The number of aliphatic hydroxyl groups is 3. The Morgan fingerprint density at radius 2 is 1.79 bits per heavy atom. The molecule has 0 aromatic heterocycles. The first kappa shape index (κ1) is 22.8. The highest BCUT2D eigenvalue weighted by Crippen LogP contribution is 2.58. The highest BCUT2D eigenvalue weighted by Gasteiger charge is 2.48. The van der Waals surface area contributed by atoms with Crippen LogP contribution in [0, 0.1) is 17.3 Å². The van der Waals surface area contributed by atoms with Gasteiger partial charge in [0.1, 0.15) is 0 Å². The molecule has 164 valence electrons. The van der Waals surface area contributed by atoms with Crippen LogP contribution in [0.5, 0.6) is 0 Å². The molecular formula is C26H42O3. The molecule has 3 saturated carbocycles. The van der Waals surface area contributed by atoms with Gasteiger partial charge in [0.15, 0.2) is 0 Å². The fourth-order valence-electron chi connectivity index (χ4n) is 6.19. The first-order chi connectivity index (χ1) is 13.6. The Balaban J connectivity index is 1.63. The third kappa shape index (κ3) is 5.42. The number of rotatable bonds is 6. The van der Waals surface area contributed by atoms with E-state index in [4.69, 9.17) is 0 Å². The van der Waals surface area contributed by atoms with Gasteiger partial charge in [-0.2, -0.15) is 0 Å². The SMILES string of the molecule is C=C1[C@H](O)CC(=CC=C2CCC[C@]3(C)[C@@H](CCCCC(C)(C)O)CC[C@@H]23)C[C@H]1O. The second-order valence-corrected chi connectivity index (χ2v) is 10.8. The van der Waals surface area contributed by atoms with E-state index >= 15 is 0 Å². The second-order valence-electron chi connectivity index (χ2n) is 10.8. The summed E-state index contributed by atoms with van der Waals surface area (Å²) in [5, 5.41) is 30.1. The molecule has 3 N–H and O–H groups in total. The average molecular weight is 403 g/mol. The van der Waals surface area contributed by atoms with Crippen molar-refractivity contribution in [3.63, 3.8) is 0 Å². The van der Waals surface area contributed by atoms with Crippen molar-refractivity contribution in [2.75, 3.05) is 0 Å². The van der Waals surface area contributed by atoms with E-state index in [-0.39, 0.29) is 0 Å². The van der Waals surface area contributed by atoms with Gasteiger partial charge >= 0.3 is 0 Å². The fraction of sp³-hybridized carbons (Fsp3) is 0.769. The highest BCUT2D eigenvalue weighted by atomic mass is 16.3. The summed E-state index contributed by atoms with van der Waals surface area (Å²) >= 11 is 0. The Bertz CT molecular complexity index is 637. The van der Waals surface area contributed by atoms with E-state index in [0.29, 0.717) is 29.7 Å². The zero-order valence-electron chi connectivity index (χ0n) is 18.8. The lowest BCUT2D eigenvalue weighted by molar-refractivity contribution is 0.0659. The number of unbranched alkanes of at least 4 members (excludes halogenated alkanes) is 1. The molecule has 3 heteroatoms.